The maximum atomic E-state index is 4.14. The Morgan fingerprint density at radius 3 is 2.93 bits per heavy atom. The number of imidazole rings is 2. The van der Waals surface area contributed by atoms with Crippen LogP contribution in [0.4, 0.5) is 0 Å². The lowest BCUT2D eigenvalue weighted by Crippen LogP contribution is -2.13. The molecule has 15 heavy (non-hydrogen) atoms. The Labute approximate surface area is 88.8 Å². The van der Waals surface area contributed by atoms with E-state index in [2.05, 4.69) is 24.4 Å². The molecule has 0 aromatic carbocycles. The van der Waals surface area contributed by atoms with E-state index in [-0.39, 0.29) is 0 Å². The minimum absolute atomic E-state index is 0.851. The van der Waals surface area contributed by atoms with Crippen molar-refractivity contribution in [3.8, 4) is 0 Å². The largest absolute Gasteiger partial charge is 0.336 e. The third kappa shape index (κ3) is 2.44. The highest BCUT2D eigenvalue weighted by Crippen LogP contribution is 1.99. The van der Waals surface area contributed by atoms with Crippen LogP contribution < -0.4 is 5.32 Å². The fraction of sp³-hybridized carbons (Fsp3) is 0.400. The maximum Gasteiger partial charge on any atom is 0.0949 e. The summed E-state index contributed by atoms with van der Waals surface area (Å²) < 4.78 is 4.21. The zero-order chi connectivity index (χ0) is 10.5. The van der Waals surface area contributed by atoms with Crippen molar-refractivity contribution in [1.29, 1.82) is 0 Å². The normalized spacial score (nSPS) is 10.7. The highest BCUT2D eigenvalue weighted by Gasteiger charge is 2.00. The fourth-order valence-corrected chi connectivity index (χ4v) is 1.52. The quantitative estimate of drug-likeness (QED) is 0.773. The van der Waals surface area contributed by atoms with Crippen molar-refractivity contribution in [1.82, 2.24) is 24.4 Å². The number of aryl methyl sites for hydroxylation is 2. The van der Waals surface area contributed by atoms with Crippen LogP contribution in [-0.4, -0.2) is 26.1 Å². The zero-order valence-electron chi connectivity index (χ0n) is 8.80. The van der Waals surface area contributed by atoms with E-state index in [0.717, 1.165) is 19.6 Å². The van der Waals surface area contributed by atoms with Gasteiger partial charge in [0.05, 0.1) is 18.3 Å². The van der Waals surface area contributed by atoms with Crippen LogP contribution in [0.3, 0.4) is 0 Å². The molecule has 0 saturated heterocycles. The SMILES string of the molecule is CNCc1cncn1CCn1ccnc1. The van der Waals surface area contributed by atoms with Crippen LogP contribution in [-0.2, 0) is 19.6 Å². The van der Waals surface area contributed by atoms with Crippen molar-refractivity contribution >= 4 is 0 Å². The van der Waals surface area contributed by atoms with Gasteiger partial charge in [-0.3, -0.25) is 0 Å². The zero-order valence-corrected chi connectivity index (χ0v) is 8.80. The van der Waals surface area contributed by atoms with E-state index in [4.69, 9.17) is 0 Å². The summed E-state index contributed by atoms with van der Waals surface area (Å²) in [6.45, 7) is 2.70. The first kappa shape index (κ1) is 9.92. The van der Waals surface area contributed by atoms with Crippen LogP contribution in [0.1, 0.15) is 5.69 Å². The third-order valence-electron chi connectivity index (χ3n) is 2.31. The van der Waals surface area contributed by atoms with Crippen LogP contribution in [0.25, 0.3) is 0 Å². The molecule has 0 aliphatic rings. The summed E-state index contributed by atoms with van der Waals surface area (Å²) in [5, 5.41) is 3.12. The molecule has 5 heteroatoms. The van der Waals surface area contributed by atoms with Gasteiger partial charge < -0.3 is 14.5 Å². The molecule has 5 nitrogen and oxygen atoms in total. The van der Waals surface area contributed by atoms with Crippen molar-refractivity contribution in [2.45, 2.75) is 19.6 Å². The summed E-state index contributed by atoms with van der Waals surface area (Å²) in [5.41, 5.74) is 1.21. The summed E-state index contributed by atoms with van der Waals surface area (Å²) in [6.07, 6.45) is 9.35. The average molecular weight is 205 g/mol. The Hall–Kier alpha value is -1.62. The van der Waals surface area contributed by atoms with Gasteiger partial charge in [0.25, 0.3) is 0 Å². The van der Waals surface area contributed by atoms with Gasteiger partial charge in [0, 0.05) is 38.2 Å². The predicted molar refractivity (Wildman–Crippen MR) is 57.2 cm³/mol. The molecule has 2 heterocycles. The van der Waals surface area contributed by atoms with Crippen molar-refractivity contribution in [3.05, 3.63) is 36.9 Å². The molecule has 80 valence electrons. The van der Waals surface area contributed by atoms with Gasteiger partial charge in [0.1, 0.15) is 0 Å². The minimum atomic E-state index is 0.851. The molecular formula is C10H15N5. The highest BCUT2D eigenvalue weighted by atomic mass is 15.1. The van der Waals surface area contributed by atoms with Gasteiger partial charge in [-0.05, 0) is 7.05 Å². The number of hydrogen-bond acceptors (Lipinski definition) is 3. The minimum Gasteiger partial charge on any atom is -0.336 e. The van der Waals surface area contributed by atoms with Gasteiger partial charge in [-0.1, -0.05) is 0 Å². The van der Waals surface area contributed by atoms with E-state index in [1.165, 1.54) is 5.69 Å². The standard InChI is InChI=1S/C10H15N5/c1-11-6-10-7-13-9-15(10)5-4-14-3-2-12-8-14/h2-3,7-9,11H,4-6H2,1H3. The Morgan fingerprint density at radius 2 is 2.20 bits per heavy atom. The first-order chi connectivity index (χ1) is 7.40. The van der Waals surface area contributed by atoms with Gasteiger partial charge in [-0.15, -0.1) is 0 Å². The first-order valence-electron chi connectivity index (χ1n) is 4.99. The van der Waals surface area contributed by atoms with E-state index in [9.17, 15) is 0 Å². The molecule has 0 aliphatic heterocycles. The molecule has 0 fully saturated rings. The highest BCUT2D eigenvalue weighted by molar-refractivity contribution is 4.97. The summed E-state index contributed by atoms with van der Waals surface area (Å²) in [4.78, 5) is 8.15. The second-order valence-electron chi connectivity index (χ2n) is 3.41. The number of hydrogen-bond donors (Lipinski definition) is 1. The third-order valence-corrected chi connectivity index (χ3v) is 2.31. The van der Waals surface area contributed by atoms with E-state index in [1.54, 1.807) is 6.20 Å². The smallest absolute Gasteiger partial charge is 0.0949 e. The molecule has 2 aromatic heterocycles. The molecule has 2 aromatic rings. The second kappa shape index (κ2) is 4.75. The van der Waals surface area contributed by atoms with Gasteiger partial charge in [0.15, 0.2) is 0 Å². The molecule has 0 aliphatic carbocycles. The fourth-order valence-electron chi connectivity index (χ4n) is 1.52. The van der Waals surface area contributed by atoms with E-state index >= 15 is 0 Å². The number of aromatic nitrogens is 4. The monoisotopic (exact) mass is 205 g/mol. The van der Waals surface area contributed by atoms with Gasteiger partial charge >= 0.3 is 0 Å². The molecule has 1 N–H and O–H groups in total. The van der Waals surface area contributed by atoms with Crippen LogP contribution >= 0.6 is 0 Å². The molecular weight excluding hydrogens is 190 g/mol. The Morgan fingerprint density at radius 1 is 1.27 bits per heavy atom. The van der Waals surface area contributed by atoms with E-state index in [1.807, 2.05) is 32.1 Å². The number of nitrogens with one attached hydrogen (secondary N) is 1. The Kier molecular flexibility index (Phi) is 3.14. The van der Waals surface area contributed by atoms with Crippen molar-refractivity contribution < 1.29 is 0 Å². The molecule has 0 radical (unpaired) electrons. The van der Waals surface area contributed by atoms with Crippen LogP contribution in [0.2, 0.25) is 0 Å². The molecule has 0 spiro atoms. The Balaban J connectivity index is 1.95. The molecule has 0 atom stereocenters. The molecule has 0 amide bonds. The molecule has 0 bridgehead atoms. The molecule has 0 saturated carbocycles. The lowest BCUT2D eigenvalue weighted by molar-refractivity contribution is 0.555. The van der Waals surface area contributed by atoms with Gasteiger partial charge in [-0.2, -0.15) is 0 Å². The first-order valence-corrected chi connectivity index (χ1v) is 4.99. The summed E-state index contributed by atoms with van der Waals surface area (Å²) in [6, 6.07) is 0. The lowest BCUT2D eigenvalue weighted by Gasteiger charge is -2.07. The van der Waals surface area contributed by atoms with Crippen molar-refractivity contribution in [2.75, 3.05) is 7.05 Å². The van der Waals surface area contributed by atoms with E-state index < -0.39 is 0 Å². The lowest BCUT2D eigenvalue weighted by atomic mass is 10.4. The second-order valence-corrected chi connectivity index (χ2v) is 3.41. The summed E-state index contributed by atoms with van der Waals surface area (Å²) in [5.74, 6) is 0. The topological polar surface area (TPSA) is 47.7 Å². The number of nitrogens with zero attached hydrogens (tertiary/aromatic N) is 4. The predicted octanol–water partition coefficient (Wildman–Crippen LogP) is 0.499. The van der Waals surface area contributed by atoms with Crippen LogP contribution in [0.15, 0.2) is 31.2 Å². The summed E-state index contributed by atoms with van der Waals surface area (Å²) in [7, 11) is 1.94. The van der Waals surface area contributed by atoms with Crippen molar-refractivity contribution in [3.63, 3.8) is 0 Å². The maximum absolute atomic E-state index is 4.14. The van der Waals surface area contributed by atoms with Gasteiger partial charge in [0.2, 0.25) is 0 Å². The summed E-state index contributed by atoms with van der Waals surface area (Å²) >= 11 is 0. The van der Waals surface area contributed by atoms with Gasteiger partial charge in [-0.25, -0.2) is 9.97 Å². The Bertz CT molecular complexity index is 390. The van der Waals surface area contributed by atoms with E-state index in [0.29, 0.717) is 0 Å². The molecule has 0 unspecified atom stereocenters. The number of rotatable bonds is 5. The van der Waals surface area contributed by atoms with Crippen LogP contribution in [0.5, 0.6) is 0 Å². The molecule has 2 rings (SSSR count). The average Bonchev–Trinajstić information content (AvgIpc) is 2.85. The van der Waals surface area contributed by atoms with Crippen LogP contribution in [0, 0.1) is 0 Å². The van der Waals surface area contributed by atoms with Crippen molar-refractivity contribution in [2.24, 2.45) is 0 Å².